The number of methoxy groups -OCH3 is 1. The summed E-state index contributed by atoms with van der Waals surface area (Å²) >= 11 is 0. The summed E-state index contributed by atoms with van der Waals surface area (Å²) in [5, 5.41) is 6.28. The van der Waals surface area contributed by atoms with Crippen LogP contribution < -0.4 is 10.6 Å². The topological polar surface area (TPSA) is 126 Å². The third-order valence-corrected chi connectivity index (χ3v) is 12.6. The number of amides is 2. The van der Waals surface area contributed by atoms with Crippen LogP contribution in [0.15, 0.2) is 41.4 Å². The maximum atomic E-state index is 15.5. The first-order valence-corrected chi connectivity index (χ1v) is 19.2. The van der Waals surface area contributed by atoms with Gasteiger partial charge in [0.15, 0.2) is 11.6 Å². The van der Waals surface area contributed by atoms with Gasteiger partial charge in [-0.1, -0.05) is 19.1 Å². The maximum absolute atomic E-state index is 15.5. The van der Waals surface area contributed by atoms with Crippen LogP contribution in [0.25, 0.3) is 0 Å². The molecule has 3 fully saturated rings. The molecule has 2 amide bonds. The van der Waals surface area contributed by atoms with Crippen molar-refractivity contribution in [1.82, 2.24) is 9.62 Å². The van der Waals surface area contributed by atoms with Gasteiger partial charge in [-0.05, 0) is 101 Å². The Morgan fingerprint density at radius 3 is 2.55 bits per heavy atom. The molecule has 10 nitrogen and oxygen atoms in total. The number of sulfonamides is 1. The SMILES string of the molecule is COC(=O)N=C(C)C(C(=O)Nc1ccc(F)c(F)c1CCCC1CNC2CN1S(=O)(=O)CCC2C)C(c1ccc(F)cc1)C1CCOC(C)(C)C1. The minimum Gasteiger partial charge on any atom is -0.451 e. The van der Waals surface area contributed by atoms with Gasteiger partial charge in [0.2, 0.25) is 15.9 Å². The highest BCUT2D eigenvalue weighted by atomic mass is 32.2. The first kappa shape index (κ1) is 38.9. The molecule has 5 rings (SSSR count). The number of fused-ring (bicyclic) bond motifs is 2. The third-order valence-electron chi connectivity index (χ3n) is 10.7. The highest BCUT2D eigenvalue weighted by Crippen LogP contribution is 2.43. The molecule has 0 aliphatic carbocycles. The monoisotopic (exact) mass is 734 g/mol. The summed E-state index contributed by atoms with van der Waals surface area (Å²) in [4.78, 5) is 30.9. The number of aliphatic imine (C=N–C) groups is 1. The van der Waals surface area contributed by atoms with E-state index in [0.29, 0.717) is 57.4 Å². The number of halogens is 3. The fraction of sp³-hybridized carbons (Fsp3) is 0.595. The molecule has 3 heterocycles. The predicted octanol–water partition coefficient (Wildman–Crippen LogP) is 6.21. The largest absolute Gasteiger partial charge is 0.451 e. The van der Waals surface area contributed by atoms with Crippen LogP contribution in [0.2, 0.25) is 0 Å². The van der Waals surface area contributed by atoms with E-state index in [1.54, 1.807) is 16.4 Å². The molecule has 14 heteroatoms. The molecular formula is C37H49F3N4O6S. The van der Waals surface area contributed by atoms with E-state index in [1.807, 2.05) is 20.8 Å². The molecule has 3 aliphatic rings. The van der Waals surface area contributed by atoms with E-state index in [2.05, 4.69) is 15.6 Å². The number of nitrogens with zero attached hydrogens (tertiary/aromatic N) is 2. The molecule has 7 unspecified atom stereocenters. The molecule has 2 N–H and O–H groups in total. The first-order valence-electron chi connectivity index (χ1n) is 17.6. The number of benzene rings is 2. The lowest BCUT2D eigenvalue weighted by Gasteiger charge is -2.41. The van der Waals surface area contributed by atoms with Crippen molar-refractivity contribution in [3.05, 3.63) is 65.0 Å². The van der Waals surface area contributed by atoms with E-state index in [-0.39, 0.29) is 53.1 Å². The lowest BCUT2D eigenvalue weighted by Crippen LogP contribution is -2.58. The predicted molar refractivity (Wildman–Crippen MR) is 189 cm³/mol. The van der Waals surface area contributed by atoms with Gasteiger partial charge in [0.25, 0.3) is 0 Å². The number of carbonyl (C=O) groups is 2. The highest BCUT2D eigenvalue weighted by Gasteiger charge is 2.43. The van der Waals surface area contributed by atoms with Crippen molar-refractivity contribution in [1.29, 1.82) is 0 Å². The number of hydrogen-bond acceptors (Lipinski definition) is 7. The van der Waals surface area contributed by atoms with Crippen LogP contribution in [0.3, 0.4) is 0 Å². The van der Waals surface area contributed by atoms with Crippen LogP contribution >= 0.6 is 0 Å². The van der Waals surface area contributed by atoms with Crippen LogP contribution in [-0.4, -0.2) is 80.7 Å². The molecule has 3 saturated heterocycles. The van der Waals surface area contributed by atoms with Crippen LogP contribution in [0.4, 0.5) is 23.7 Å². The Balaban J connectivity index is 1.44. The Morgan fingerprint density at radius 1 is 1.14 bits per heavy atom. The lowest BCUT2D eigenvalue weighted by molar-refractivity contribution is -0.120. The number of rotatable bonds is 10. The zero-order valence-electron chi connectivity index (χ0n) is 29.9. The van der Waals surface area contributed by atoms with Crippen LogP contribution in [0.1, 0.15) is 76.8 Å². The molecule has 2 bridgehead atoms. The van der Waals surface area contributed by atoms with Gasteiger partial charge in [0, 0.05) is 54.7 Å². The zero-order valence-corrected chi connectivity index (χ0v) is 30.7. The minimum atomic E-state index is -3.46. The number of nitrogens with one attached hydrogen (secondary N) is 2. The molecule has 2 aromatic rings. The normalized spacial score (nSPS) is 27.1. The van der Waals surface area contributed by atoms with Crippen LogP contribution in [0, 0.1) is 35.2 Å². The van der Waals surface area contributed by atoms with Crippen molar-refractivity contribution in [3.63, 3.8) is 0 Å². The van der Waals surface area contributed by atoms with E-state index in [4.69, 9.17) is 9.47 Å². The smallest absolute Gasteiger partial charge is 0.433 e. The summed E-state index contributed by atoms with van der Waals surface area (Å²) in [7, 11) is -2.29. The third kappa shape index (κ3) is 9.19. The van der Waals surface area contributed by atoms with Crippen molar-refractivity contribution in [2.45, 2.75) is 89.8 Å². The summed E-state index contributed by atoms with van der Waals surface area (Å²) in [6.07, 6.45) is 1.52. The van der Waals surface area contributed by atoms with E-state index in [9.17, 15) is 26.8 Å². The minimum absolute atomic E-state index is 0.0267. The maximum Gasteiger partial charge on any atom is 0.433 e. The number of ether oxygens (including phenoxy) is 2. The molecule has 0 spiro atoms. The van der Waals surface area contributed by atoms with E-state index >= 15 is 4.39 Å². The quantitative estimate of drug-likeness (QED) is 0.278. The Bertz CT molecular complexity index is 1720. The number of piperazine rings is 1. The summed E-state index contributed by atoms with van der Waals surface area (Å²) in [5.74, 6) is -4.83. The second kappa shape index (κ2) is 16.1. The molecule has 7 atom stereocenters. The van der Waals surface area contributed by atoms with Gasteiger partial charge in [0.05, 0.1) is 24.4 Å². The Hall–Kier alpha value is -3.33. The summed E-state index contributed by atoms with van der Waals surface area (Å²) in [6.45, 7) is 8.72. The van der Waals surface area contributed by atoms with Crippen molar-refractivity contribution in [3.8, 4) is 0 Å². The second-order valence-corrected chi connectivity index (χ2v) is 16.8. The van der Waals surface area contributed by atoms with E-state index in [0.717, 1.165) is 6.07 Å². The average Bonchev–Trinajstić information content (AvgIpc) is 3.17. The zero-order chi connectivity index (χ0) is 37.1. The Morgan fingerprint density at radius 2 is 1.86 bits per heavy atom. The molecule has 0 aromatic heterocycles. The second-order valence-electron chi connectivity index (χ2n) is 14.7. The van der Waals surface area contributed by atoms with Gasteiger partial charge in [0.1, 0.15) is 5.82 Å². The Labute approximate surface area is 298 Å². The fourth-order valence-electron chi connectivity index (χ4n) is 7.98. The molecule has 0 radical (unpaired) electrons. The van der Waals surface area contributed by atoms with Gasteiger partial charge >= 0.3 is 6.09 Å². The van der Waals surface area contributed by atoms with Crippen molar-refractivity contribution in [2.75, 3.05) is 37.9 Å². The first-order chi connectivity index (χ1) is 24.1. The number of carbonyl (C=O) groups excluding carboxylic acids is 2. The van der Waals surface area contributed by atoms with Gasteiger partial charge in [-0.2, -0.15) is 9.30 Å². The summed E-state index contributed by atoms with van der Waals surface area (Å²) in [6, 6.07) is 7.78. The van der Waals surface area contributed by atoms with Crippen LogP contribution in [0.5, 0.6) is 0 Å². The summed E-state index contributed by atoms with van der Waals surface area (Å²) in [5.41, 5.74) is 0.258. The van der Waals surface area contributed by atoms with Gasteiger partial charge < -0.3 is 20.1 Å². The Kier molecular flexibility index (Phi) is 12.3. The lowest BCUT2D eigenvalue weighted by atomic mass is 9.69. The van der Waals surface area contributed by atoms with Crippen molar-refractivity contribution in [2.24, 2.45) is 22.7 Å². The molecule has 3 aliphatic heterocycles. The average molecular weight is 735 g/mol. The number of anilines is 1. The van der Waals surface area contributed by atoms with Crippen molar-refractivity contribution >= 4 is 33.4 Å². The fourth-order valence-corrected chi connectivity index (χ4v) is 9.90. The van der Waals surface area contributed by atoms with Gasteiger partial charge in [-0.25, -0.2) is 26.4 Å². The molecular weight excluding hydrogens is 685 g/mol. The standard InChI is InChI=1S/C37H49F3N4O6S/c1-22-16-18-51(47,48)44-21-31(22)41-20-27(44)7-6-8-28-30(14-13-29(39)34(28)40)43-35(45)32(23(2)42-36(46)49-5)33(24-9-11-26(38)12-10-24)25-15-17-50-37(3,4)19-25/h9-14,22,25,27,31-33,41H,6-8,15-21H2,1-5H3,(H,43,45). The van der Waals surface area contributed by atoms with E-state index in [1.165, 1.54) is 32.2 Å². The number of hydrogen-bond donors (Lipinski definition) is 2. The highest BCUT2D eigenvalue weighted by molar-refractivity contribution is 7.89. The van der Waals surface area contributed by atoms with Gasteiger partial charge in [-0.3, -0.25) is 4.79 Å². The molecule has 280 valence electrons. The molecule has 2 aromatic carbocycles. The van der Waals surface area contributed by atoms with Crippen molar-refractivity contribution < 1.29 is 40.7 Å². The van der Waals surface area contributed by atoms with Gasteiger partial charge in [-0.15, -0.1) is 0 Å². The molecule has 51 heavy (non-hydrogen) atoms. The van der Waals surface area contributed by atoms with Crippen LogP contribution in [-0.2, 0) is 30.7 Å². The summed E-state index contributed by atoms with van der Waals surface area (Å²) < 4.78 is 82.8. The van der Waals surface area contributed by atoms with E-state index < -0.39 is 56.9 Å². The molecule has 0 saturated carbocycles.